The Morgan fingerprint density at radius 1 is 1.06 bits per heavy atom. The number of hydrogen-bond acceptors (Lipinski definition) is 1. The topological polar surface area (TPSA) is 29.1 Å². The molecule has 2 rings (SSSR count). The Hall–Kier alpha value is -1.02. The summed E-state index contributed by atoms with van der Waals surface area (Å²) in [5.41, 5.74) is 0.767. The van der Waals surface area contributed by atoms with Crippen LogP contribution in [0.5, 0.6) is 0 Å². The molecule has 3 heteroatoms. The van der Waals surface area contributed by atoms with Crippen molar-refractivity contribution in [3.8, 4) is 0 Å². The Bertz CT molecular complexity index is 320. The normalized spacial score (nSPS) is 16.2. The number of benzene rings is 1. The minimum Gasteiger partial charge on any atom is -0.349 e. The van der Waals surface area contributed by atoms with Gasteiger partial charge in [0.2, 0.25) is 0 Å². The maximum Gasteiger partial charge on any atom is 0.251 e. The zero-order valence-electron chi connectivity index (χ0n) is 9.32. The molecule has 1 saturated carbocycles. The zero-order chi connectivity index (χ0) is 10.5. The van der Waals surface area contributed by atoms with Crippen molar-refractivity contribution in [1.29, 1.82) is 0 Å². The Kier molecular flexibility index (Phi) is 5.33. The van der Waals surface area contributed by atoms with Crippen LogP contribution >= 0.6 is 12.4 Å². The largest absolute Gasteiger partial charge is 0.349 e. The van der Waals surface area contributed by atoms with Crippen molar-refractivity contribution in [1.82, 2.24) is 5.32 Å². The minimum absolute atomic E-state index is 0. The molecular weight excluding hydrogens is 222 g/mol. The lowest BCUT2D eigenvalue weighted by atomic mass is 9.95. The van der Waals surface area contributed by atoms with Gasteiger partial charge in [0.1, 0.15) is 0 Å². The van der Waals surface area contributed by atoms with E-state index in [2.05, 4.69) is 5.32 Å². The standard InChI is InChI=1S/C13H17NO.ClH/c15-13(11-7-3-1-4-8-11)14-12-9-5-2-6-10-12;/h1,3-4,7-8,12H,2,5-6,9-10H2,(H,14,15);1H. The van der Waals surface area contributed by atoms with Crippen LogP contribution in [0.4, 0.5) is 0 Å². The molecule has 0 aliphatic heterocycles. The summed E-state index contributed by atoms with van der Waals surface area (Å²) >= 11 is 0. The SMILES string of the molecule is Cl.O=C(NC1CCCCC1)c1ccccc1. The Morgan fingerprint density at radius 2 is 1.69 bits per heavy atom. The molecule has 0 aromatic heterocycles. The molecule has 1 amide bonds. The van der Waals surface area contributed by atoms with Crippen molar-refractivity contribution < 1.29 is 4.79 Å². The summed E-state index contributed by atoms with van der Waals surface area (Å²) in [5, 5.41) is 3.10. The lowest BCUT2D eigenvalue weighted by Crippen LogP contribution is -2.36. The van der Waals surface area contributed by atoms with Gasteiger partial charge < -0.3 is 5.32 Å². The van der Waals surface area contributed by atoms with Crippen LogP contribution in [-0.4, -0.2) is 11.9 Å². The quantitative estimate of drug-likeness (QED) is 0.844. The molecule has 0 radical (unpaired) electrons. The first-order valence-corrected chi connectivity index (χ1v) is 5.72. The fraction of sp³-hybridized carbons (Fsp3) is 0.462. The number of rotatable bonds is 2. The molecule has 1 N–H and O–H groups in total. The summed E-state index contributed by atoms with van der Waals surface area (Å²) in [7, 11) is 0. The summed E-state index contributed by atoms with van der Waals surface area (Å²) in [6.45, 7) is 0. The number of nitrogens with one attached hydrogen (secondary N) is 1. The second-order valence-electron chi connectivity index (χ2n) is 4.17. The number of carbonyl (C=O) groups is 1. The van der Waals surface area contributed by atoms with Gasteiger partial charge in [-0.2, -0.15) is 0 Å². The van der Waals surface area contributed by atoms with Gasteiger partial charge in [-0.05, 0) is 25.0 Å². The smallest absolute Gasteiger partial charge is 0.251 e. The van der Waals surface area contributed by atoms with Crippen LogP contribution in [0.2, 0.25) is 0 Å². The minimum atomic E-state index is 0. The predicted octanol–water partition coefficient (Wildman–Crippen LogP) is 3.17. The lowest BCUT2D eigenvalue weighted by molar-refractivity contribution is 0.0927. The highest BCUT2D eigenvalue weighted by Gasteiger charge is 2.15. The van der Waals surface area contributed by atoms with Crippen molar-refractivity contribution in [2.75, 3.05) is 0 Å². The van der Waals surface area contributed by atoms with E-state index >= 15 is 0 Å². The van der Waals surface area contributed by atoms with Crippen LogP contribution in [0.1, 0.15) is 42.5 Å². The third-order valence-corrected chi connectivity index (χ3v) is 2.98. The summed E-state index contributed by atoms with van der Waals surface area (Å²) in [6.07, 6.45) is 6.09. The van der Waals surface area contributed by atoms with Gasteiger partial charge >= 0.3 is 0 Å². The molecule has 0 heterocycles. The summed E-state index contributed by atoms with van der Waals surface area (Å²) < 4.78 is 0. The molecule has 1 aliphatic carbocycles. The van der Waals surface area contributed by atoms with Gasteiger partial charge in [0, 0.05) is 11.6 Å². The van der Waals surface area contributed by atoms with Crippen LogP contribution in [-0.2, 0) is 0 Å². The maximum absolute atomic E-state index is 11.8. The molecule has 0 unspecified atom stereocenters. The third-order valence-electron chi connectivity index (χ3n) is 2.98. The van der Waals surface area contributed by atoms with Gasteiger partial charge in [0.25, 0.3) is 5.91 Å². The van der Waals surface area contributed by atoms with E-state index in [-0.39, 0.29) is 18.3 Å². The van der Waals surface area contributed by atoms with E-state index in [1.54, 1.807) is 0 Å². The summed E-state index contributed by atoms with van der Waals surface area (Å²) in [5.74, 6) is 0.0718. The van der Waals surface area contributed by atoms with Gasteiger partial charge in [0.15, 0.2) is 0 Å². The number of hydrogen-bond donors (Lipinski definition) is 1. The molecule has 1 aromatic rings. The molecule has 1 fully saturated rings. The molecule has 16 heavy (non-hydrogen) atoms. The molecule has 1 aliphatic rings. The van der Waals surface area contributed by atoms with Crippen LogP contribution in [0.15, 0.2) is 30.3 Å². The monoisotopic (exact) mass is 239 g/mol. The number of halogens is 1. The molecule has 1 aromatic carbocycles. The molecule has 0 atom stereocenters. The predicted molar refractivity (Wildman–Crippen MR) is 68.0 cm³/mol. The van der Waals surface area contributed by atoms with Gasteiger partial charge in [-0.15, -0.1) is 12.4 Å². The average Bonchev–Trinajstić information content (AvgIpc) is 2.31. The van der Waals surface area contributed by atoms with E-state index in [0.717, 1.165) is 18.4 Å². The highest BCUT2D eigenvalue weighted by atomic mass is 35.5. The van der Waals surface area contributed by atoms with E-state index in [0.29, 0.717) is 6.04 Å². The Morgan fingerprint density at radius 3 is 2.31 bits per heavy atom. The van der Waals surface area contributed by atoms with E-state index in [4.69, 9.17) is 0 Å². The Balaban J connectivity index is 0.00000128. The summed E-state index contributed by atoms with van der Waals surface area (Å²) in [6, 6.07) is 9.84. The maximum atomic E-state index is 11.8. The first-order valence-electron chi connectivity index (χ1n) is 5.72. The van der Waals surface area contributed by atoms with Crippen molar-refractivity contribution in [2.45, 2.75) is 38.1 Å². The van der Waals surface area contributed by atoms with E-state index in [1.807, 2.05) is 30.3 Å². The molecule has 0 saturated heterocycles. The molecular formula is C13H18ClNO. The zero-order valence-corrected chi connectivity index (χ0v) is 10.1. The average molecular weight is 240 g/mol. The van der Waals surface area contributed by atoms with E-state index < -0.39 is 0 Å². The fourth-order valence-corrected chi connectivity index (χ4v) is 2.11. The van der Waals surface area contributed by atoms with Crippen molar-refractivity contribution in [3.05, 3.63) is 35.9 Å². The van der Waals surface area contributed by atoms with Crippen molar-refractivity contribution in [2.24, 2.45) is 0 Å². The van der Waals surface area contributed by atoms with E-state index in [9.17, 15) is 4.79 Å². The van der Waals surface area contributed by atoms with E-state index in [1.165, 1.54) is 19.3 Å². The highest BCUT2D eigenvalue weighted by molar-refractivity contribution is 5.94. The van der Waals surface area contributed by atoms with Crippen LogP contribution in [0, 0.1) is 0 Å². The van der Waals surface area contributed by atoms with Gasteiger partial charge in [-0.25, -0.2) is 0 Å². The third kappa shape index (κ3) is 3.53. The second kappa shape index (κ2) is 6.54. The number of amides is 1. The van der Waals surface area contributed by atoms with Crippen LogP contribution in [0.25, 0.3) is 0 Å². The highest BCUT2D eigenvalue weighted by Crippen LogP contribution is 2.17. The van der Waals surface area contributed by atoms with Gasteiger partial charge in [-0.1, -0.05) is 37.5 Å². The van der Waals surface area contributed by atoms with Crippen molar-refractivity contribution in [3.63, 3.8) is 0 Å². The van der Waals surface area contributed by atoms with Crippen LogP contribution < -0.4 is 5.32 Å². The molecule has 0 spiro atoms. The van der Waals surface area contributed by atoms with Gasteiger partial charge in [0.05, 0.1) is 0 Å². The lowest BCUT2D eigenvalue weighted by Gasteiger charge is -2.22. The Labute approximate surface area is 103 Å². The molecule has 2 nitrogen and oxygen atoms in total. The number of carbonyl (C=O) groups excluding carboxylic acids is 1. The van der Waals surface area contributed by atoms with Crippen LogP contribution in [0.3, 0.4) is 0 Å². The molecule has 88 valence electrons. The fourth-order valence-electron chi connectivity index (χ4n) is 2.11. The first-order chi connectivity index (χ1) is 7.36. The second-order valence-corrected chi connectivity index (χ2v) is 4.17. The first kappa shape index (κ1) is 13.0. The molecule has 0 bridgehead atoms. The summed E-state index contributed by atoms with van der Waals surface area (Å²) in [4.78, 5) is 11.8. The van der Waals surface area contributed by atoms with Gasteiger partial charge in [-0.3, -0.25) is 4.79 Å². The van der Waals surface area contributed by atoms with Crippen molar-refractivity contribution >= 4 is 18.3 Å².